The third kappa shape index (κ3) is 1.73. The van der Waals surface area contributed by atoms with Gasteiger partial charge in [-0.05, 0) is 22.9 Å². The van der Waals surface area contributed by atoms with E-state index >= 15 is 0 Å². The minimum atomic E-state index is -0.322. The molecule has 2 nitrogen and oxygen atoms in total. The van der Waals surface area contributed by atoms with Crippen molar-refractivity contribution in [2.45, 2.75) is 13.8 Å². The van der Waals surface area contributed by atoms with Gasteiger partial charge < -0.3 is 0 Å². The van der Waals surface area contributed by atoms with E-state index in [0.29, 0.717) is 5.57 Å². The first-order chi connectivity index (χ1) is 6.45. The maximum absolute atomic E-state index is 11.0. The SMILES string of the molecule is C=C/C(C#N)=C/[C@@H]1[C@@H](C(=O)Cl)C1(C)C. The molecule has 0 heterocycles. The van der Waals surface area contributed by atoms with Crippen LogP contribution in [0.2, 0.25) is 0 Å². The first-order valence-corrected chi connectivity index (χ1v) is 4.76. The van der Waals surface area contributed by atoms with Gasteiger partial charge >= 0.3 is 0 Å². The predicted octanol–water partition coefficient (Wildman–Crippen LogP) is 2.66. The van der Waals surface area contributed by atoms with Crippen molar-refractivity contribution in [1.29, 1.82) is 5.26 Å². The van der Waals surface area contributed by atoms with E-state index in [1.165, 1.54) is 6.08 Å². The fourth-order valence-electron chi connectivity index (χ4n) is 1.77. The molecule has 0 N–H and O–H groups in total. The number of carbonyl (C=O) groups is 1. The summed E-state index contributed by atoms with van der Waals surface area (Å²) in [5, 5.41) is 8.37. The number of hydrogen-bond donors (Lipinski definition) is 0. The Morgan fingerprint density at radius 3 is 2.50 bits per heavy atom. The molecule has 0 radical (unpaired) electrons. The summed E-state index contributed by atoms with van der Waals surface area (Å²) >= 11 is 5.45. The maximum Gasteiger partial charge on any atom is 0.225 e. The van der Waals surface area contributed by atoms with Crippen LogP contribution in [-0.2, 0) is 4.79 Å². The molecule has 14 heavy (non-hydrogen) atoms. The van der Waals surface area contributed by atoms with E-state index in [9.17, 15) is 4.79 Å². The monoisotopic (exact) mass is 209 g/mol. The highest BCUT2D eigenvalue weighted by Gasteiger charge is 2.59. The zero-order chi connectivity index (χ0) is 10.9. The van der Waals surface area contributed by atoms with E-state index in [1.807, 2.05) is 19.9 Å². The first kappa shape index (κ1) is 11.0. The molecule has 1 aliphatic rings. The van der Waals surface area contributed by atoms with E-state index in [4.69, 9.17) is 16.9 Å². The van der Waals surface area contributed by atoms with Crippen LogP contribution in [0.1, 0.15) is 13.8 Å². The van der Waals surface area contributed by atoms with Crippen LogP contribution in [0.4, 0.5) is 0 Å². The Balaban J connectivity index is 2.85. The Hall–Kier alpha value is -1.07. The highest BCUT2D eigenvalue weighted by atomic mass is 35.5. The lowest BCUT2D eigenvalue weighted by atomic mass is 10.1. The highest BCUT2D eigenvalue weighted by molar-refractivity contribution is 6.64. The van der Waals surface area contributed by atoms with Crippen molar-refractivity contribution in [3.05, 3.63) is 24.3 Å². The molecule has 1 rings (SSSR count). The molecule has 0 spiro atoms. The predicted molar refractivity (Wildman–Crippen MR) is 55.5 cm³/mol. The molecule has 1 fully saturated rings. The van der Waals surface area contributed by atoms with Gasteiger partial charge in [0.05, 0.1) is 6.07 Å². The number of carbonyl (C=O) groups excluding carboxylic acids is 1. The van der Waals surface area contributed by atoms with Gasteiger partial charge in [-0.1, -0.05) is 32.6 Å². The van der Waals surface area contributed by atoms with Crippen molar-refractivity contribution >= 4 is 16.8 Å². The topological polar surface area (TPSA) is 40.9 Å². The zero-order valence-electron chi connectivity index (χ0n) is 8.25. The summed E-state index contributed by atoms with van der Waals surface area (Å²) in [4.78, 5) is 11.0. The van der Waals surface area contributed by atoms with Crippen molar-refractivity contribution in [1.82, 2.24) is 0 Å². The van der Waals surface area contributed by atoms with Crippen molar-refractivity contribution in [2.75, 3.05) is 0 Å². The molecule has 74 valence electrons. The minimum Gasteiger partial charge on any atom is -0.281 e. The minimum absolute atomic E-state index is 0.0696. The Morgan fingerprint density at radius 2 is 2.21 bits per heavy atom. The van der Waals surface area contributed by atoms with Crippen molar-refractivity contribution in [3.8, 4) is 6.07 Å². The normalized spacial score (nSPS) is 29.1. The van der Waals surface area contributed by atoms with Crippen LogP contribution in [0.25, 0.3) is 0 Å². The molecule has 0 aromatic rings. The van der Waals surface area contributed by atoms with E-state index < -0.39 is 0 Å². The summed E-state index contributed by atoms with van der Waals surface area (Å²) in [7, 11) is 0. The Morgan fingerprint density at radius 1 is 1.64 bits per heavy atom. The molecule has 3 heteroatoms. The lowest BCUT2D eigenvalue weighted by Crippen LogP contribution is -1.96. The summed E-state index contributed by atoms with van der Waals surface area (Å²) in [5.74, 6) is -0.0902. The van der Waals surface area contributed by atoms with E-state index in [0.717, 1.165) is 0 Å². The number of halogens is 1. The number of nitriles is 1. The molecule has 1 aliphatic carbocycles. The number of nitrogens with zero attached hydrogens (tertiary/aromatic N) is 1. The first-order valence-electron chi connectivity index (χ1n) is 4.39. The smallest absolute Gasteiger partial charge is 0.225 e. The fourth-order valence-corrected chi connectivity index (χ4v) is 2.18. The third-order valence-corrected chi connectivity index (χ3v) is 3.10. The fraction of sp³-hybridized carbons (Fsp3) is 0.455. The van der Waals surface area contributed by atoms with E-state index in [2.05, 4.69) is 6.58 Å². The van der Waals surface area contributed by atoms with E-state index in [-0.39, 0.29) is 22.5 Å². The average molecular weight is 210 g/mol. The number of allylic oxidation sites excluding steroid dienone is 3. The molecule has 0 aromatic carbocycles. The largest absolute Gasteiger partial charge is 0.281 e. The van der Waals surface area contributed by atoms with Gasteiger partial charge in [-0.15, -0.1) is 0 Å². The van der Waals surface area contributed by atoms with Gasteiger partial charge in [0.25, 0.3) is 0 Å². The molecule has 0 aromatic heterocycles. The van der Waals surface area contributed by atoms with Crippen LogP contribution >= 0.6 is 11.6 Å². The van der Waals surface area contributed by atoms with Gasteiger partial charge in [0.1, 0.15) is 0 Å². The lowest BCUT2D eigenvalue weighted by Gasteiger charge is -1.96. The van der Waals surface area contributed by atoms with Crippen LogP contribution in [0.5, 0.6) is 0 Å². The van der Waals surface area contributed by atoms with Crippen molar-refractivity contribution in [3.63, 3.8) is 0 Å². The highest BCUT2D eigenvalue weighted by Crippen LogP contribution is 2.60. The summed E-state index contributed by atoms with van der Waals surface area (Å²) in [6.45, 7) is 7.46. The summed E-state index contributed by atoms with van der Waals surface area (Å²) < 4.78 is 0. The van der Waals surface area contributed by atoms with Gasteiger partial charge in [-0.3, -0.25) is 4.79 Å². The molecule has 0 bridgehead atoms. The Labute approximate surface area is 88.9 Å². The second-order valence-electron chi connectivity index (χ2n) is 4.07. The van der Waals surface area contributed by atoms with Gasteiger partial charge in [-0.25, -0.2) is 0 Å². The van der Waals surface area contributed by atoms with Gasteiger partial charge in [0, 0.05) is 11.5 Å². The van der Waals surface area contributed by atoms with E-state index in [1.54, 1.807) is 6.08 Å². The summed E-state index contributed by atoms with van der Waals surface area (Å²) in [6.07, 6.45) is 3.27. The second-order valence-corrected chi connectivity index (χ2v) is 4.44. The number of hydrogen-bond acceptors (Lipinski definition) is 2. The van der Waals surface area contributed by atoms with Crippen LogP contribution in [-0.4, -0.2) is 5.24 Å². The van der Waals surface area contributed by atoms with Crippen LogP contribution in [0, 0.1) is 28.6 Å². The van der Waals surface area contributed by atoms with Crippen LogP contribution in [0.15, 0.2) is 24.3 Å². The maximum atomic E-state index is 11.0. The molecule has 0 aliphatic heterocycles. The Bertz CT molecular complexity index is 349. The number of rotatable bonds is 3. The Kier molecular flexibility index (Phi) is 2.82. The lowest BCUT2D eigenvalue weighted by molar-refractivity contribution is -0.113. The summed E-state index contributed by atoms with van der Waals surface area (Å²) in [6, 6.07) is 2.01. The quantitative estimate of drug-likeness (QED) is 0.407. The average Bonchev–Trinajstić information content (AvgIpc) is 2.63. The molecule has 0 amide bonds. The zero-order valence-corrected chi connectivity index (χ0v) is 9.01. The van der Waals surface area contributed by atoms with Gasteiger partial charge in [0.2, 0.25) is 5.24 Å². The second kappa shape index (κ2) is 3.59. The standard InChI is InChI=1S/C11H12ClNO/c1-4-7(6-13)5-8-9(10(12)14)11(8,2)3/h4-5,8-9H,1H2,2-3H3/b7-5-/t8-,9+/m1/s1. The van der Waals surface area contributed by atoms with Crippen LogP contribution < -0.4 is 0 Å². The summed E-state index contributed by atoms with van der Waals surface area (Å²) in [5.41, 5.74) is 0.382. The van der Waals surface area contributed by atoms with Gasteiger partial charge in [-0.2, -0.15) is 5.26 Å². The molecular weight excluding hydrogens is 198 g/mol. The third-order valence-electron chi connectivity index (χ3n) is 2.86. The molecule has 0 saturated heterocycles. The molecule has 0 unspecified atom stereocenters. The van der Waals surface area contributed by atoms with Crippen molar-refractivity contribution < 1.29 is 4.79 Å². The molecule has 2 atom stereocenters. The van der Waals surface area contributed by atoms with Crippen molar-refractivity contribution in [2.24, 2.45) is 17.3 Å². The molecule has 1 saturated carbocycles. The molecular formula is C11H12ClNO. The van der Waals surface area contributed by atoms with Crippen LogP contribution in [0.3, 0.4) is 0 Å². The van der Waals surface area contributed by atoms with Gasteiger partial charge in [0.15, 0.2) is 0 Å².